The fourth-order valence-corrected chi connectivity index (χ4v) is 3.46. The van der Waals surface area contributed by atoms with Crippen molar-refractivity contribution in [3.8, 4) is 5.75 Å². The van der Waals surface area contributed by atoms with Crippen LogP contribution >= 0.6 is 0 Å². The minimum Gasteiger partial charge on any atom is -0.497 e. The number of benzene rings is 3. The van der Waals surface area contributed by atoms with Gasteiger partial charge in [0, 0.05) is 5.69 Å². The van der Waals surface area contributed by atoms with Crippen molar-refractivity contribution in [1.82, 2.24) is 0 Å². The summed E-state index contributed by atoms with van der Waals surface area (Å²) in [5.74, 6) is 0.811. The highest BCUT2D eigenvalue weighted by atomic mass is 16.5. The largest absolute Gasteiger partial charge is 0.497 e. The summed E-state index contributed by atoms with van der Waals surface area (Å²) in [7, 11) is 1.66. The molecule has 0 aromatic heterocycles. The van der Waals surface area contributed by atoms with Crippen molar-refractivity contribution in [1.29, 1.82) is 0 Å². The number of aryl methyl sites for hydroxylation is 1. The Kier molecular flexibility index (Phi) is 5.82. The van der Waals surface area contributed by atoms with Crippen molar-refractivity contribution in [3.05, 3.63) is 95.6 Å². The number of anilines is 1. The third kappa shape index (κ3) is 3.99. The van der Waals surface area contributed by atoms with Gasteiger partial charge in [-0.3, -0.25) is 0 Å². The van der Waals surface area contributed by atoms with Gasteiger partial charge in [0.05, 0.1) is 13.2 Å². The summed E-state index contributed by atoms with van der Waals surface area (Å²) in [5, 5.41) is 15.5. The van der Waals surface area contributed by atoms with Gasteiger partial charge in [0.1, 0.15) is 11.4 Å². The van der Waals surface area contributed by atoms with E-state index in [9.17, 15) is 5.11 Å². The second-order valence-corrected chi connectivity index (χ2v) is 6.83. The van der Waals surface area contributed by atoms with Gasteiger partial charge in [0.15, 0.2) is 0 Å². The fraction of sp³-hybridized carbons (Fsp3) is 0.250. The minimum atomic E-state index is -1.15. The van der Waals surface area contributed by atoms with Gasteiger partial charge in [-0.15, -0.1) is 0 Å². The van der Waals surface area contributed by atoms with Gasteiger partial charge in [0.25, 0.3) is 0 Å². The van der Waals surface area contributed by atoms with Crippen LogP contribution in [0.4, 0.5) is 5.69 Å². The highest BCUT2D eigenvalue weighted by Gasteiger charge is 2.39. The molecule has 0 saturated carbocycles. The normalized spacial score (nSPS) is 14.2. The van der Waals surface area contributed by atoms with Gasteiger partial charge in [-0.2, -0.15) is 0 Å². The van der Waals surface area contributed by atoms with Crippen molar-refractivity contribution in [2.24, 2.45) is 0 Å². The molecule has 27 heavy (non-hydrogen) atoms. The molecular weight excluding hydrogens is 334 g/mol. The zero-order valence-corrected chi connectivity index (χ0v) is 16.1. The number of aliphatic hydroxyl groups is 1. The van der Waals surface area contributed by atoms with Crippen LogP contribution in [0.25, 0.3) is 0 Å². The Balaban J connectivity index is 2.02. The second-order valence-electron chi connectivity index (χ2n) is 6.83. The monoisotopic (exact) mass is 361 g/mol. The molecule has 0 bridgehead atoms. The quantitative estimate of drug-likeness (QED) is 0.613. The molecule has 0 fully saturated rings. The van der Waals surface area contributed by atoms with E-state index in [1.54, 1.807) is 7.11 Å². The Bertz CT molecular complexity index is 844. The summed E-state index contributed by atoms with van der Waals surface area (Å²) in [5.41, 5.74) is 2.73. The molecule has 3 aromatic carbocycles. The van der Waals surface area contributed by atoms with Crippen LogP contribution in [0.5, 0.6) is 5.75 Å². The zero-order chi connectivity index (χ0) is 19.3. The Morgan fingerprint density at radius 2 is 1.48 bits per heavy atom. The highest BCUT2D eigenvalue weighted by molar-refractivity contribution is 5.50. The molecular formula is C24H27NO2. The molecule has 0 heterocycles. The molecule has 3 heteroatoms. The molecule has 0 spiro atoms. The molecule has 0 aliphatic carbocycles. The zero-order valence-electron chi connectivity index (χ0n) is 16.1. The van der Waals surface area contributed by atoms with Crippen LogP contribution in [0.15, 0.2) is 78.9 Å². The lowest BCUT2D eigenvalue weighted by Crippen LogP contribution is -2.45. The second kappa shape index (κ2) is 8.28. The molecule has 3 rings (SSSR count). The van der Waals surface area contributed by atoms with Crippen LogP contribution in [0.2, 0.25) is 0 Å². The maximum absolute atomic E-state index is 12.0. The number of methoxy groups -OCH3 is 1. The molecule has 0 amide bonds. The Labute approximate surface area is 161 Å². The standard InChI is InChI=1S/C24H27NO2/c1-4-23(25-21-14-16-22(27-3)17-15-21)24(26,19-8-6-5-7-9-19)20-12-10-18(2)11-13-20/h5-17,23,25-26H,4H2,1-3H3. The molecule has 0 saturated heterocycles. The summed E-state index contributed by atoms with van der Waals surface area (Å²) in [6.45, 7) is 4.14. The van der Waals surface area contributed by atoms with E-state index in [-0.39, 0.29) is 6.04 Å². The van der Waals surface area contributed by atoms with E-state index in [2.05, 4.69) is 19.2 Å². The molecule has 140 valence electrons. The average Bonchev–Trinajstić information content (AvgIpc) is 2.73. The van der Waals surface area contributed by atoms with Gasteiger partial charge in [0.2, 0.25) is 0 Å². The van der Waals surface area contributed by atoms with Crippen molar-refractivity contribution in [3.63, 3.8) is 0 Å². The maximum Gasteiger partial charge on any atom is 0.135 e. The van der Waals surface area contributed by atoms with Gasteiger partial charge >= 0.3 is 0 Å². The molecule has 2 unspecified atom stereocenters. The molecule has 2 N–H and O–H groups in total. The van der Waals surface area contributed by atoms with Gasteiger partial charge in [-0.05, 0) is 48.7 Å². The first-order valence-corrected chi connectivity index (χ1v) is 9.33. The summed E-state index contributed by atoms with van der Waals surface area (Å²) >= 11 is 0. The van der Waals surface area contributed by atoms with Crippen molar-refractivity contribution < 1.29 is 9.84 Å². The number of ether oxygens (including phenoxy) is 1. The van der Waals surface area contributed by atoms with E-state index >= 15 is 0 Å². The van der Waals surface area contributed by atoms with Gasteiger partial charge < -0.3 is 15.2 Å². The van der Waals surface area contributed by atoms with Crippen molar-refractivity contribution in [2.75, 3.05) is 12.4 Å². The van der Waals surface area contributed by atoms with Crippen LogP contribution in [0.3, 0.4) is 0 Å². The summed E-state index contributed by atoms with van der Waals surface area (Å²) in [4.78, 5) is 0. The van der Waals surface area contributed by atoms with Crippen molar-refractivity contribution >= 4 is 5.69 Å². The van der Waals surface area contributed by atoms with E-state index in [0.29, 0.717) is 0 Å². The van der Waals surface area contributed by atoms with Crippen LogP contribution in [0.1, 0.15) is 30.0 Å². The number of nitrogens with one attached hydrogen (secondary N) is 1. The fourth-order valence-electron chi connectivity index (χ4n) is 3.46. The molecule has 0 aliphatic rings. The number of rotatable bonds is 7. The van der Waals surface area contributed by atoms with E-state index in [0.717, 1.165) is 29.0 Å². The third-order valence-electron chi connectivity index (χ3n) is 5.05. The predicted octanol–water partition coefficient (Wildman–Crippen LogP) is 5.13. The maximum atomic E-state index is 12.0. The third-order valence-corrected chi connectivity index (χ3v) is 5.05. The van der Waals surface area contributed by atoms with Crippen LogP contribution < -0.4 is 10.1 Å². The minimum absolute atomic E-state index is 0.198. The molecule has 0 aliphatic heterocycles. The van der Waals surface area contributed by atoms with Crippen LogP contribution in [0, 0.1) is 6.92 Å². The summed E-state index contributed by atoms with van der Waals surface area (Å²) in [6.07, 6.45) is 0.755. The first kappa shape index (κ1) is 19.0. The lowest BCUT2D eigenvalue weighted by atomic mass is 9.78. The topological polar surface area (TPSA) is 41.5 Å². The lowest BCUT2D eigenvalue weighted by molar-refractivity contribution is 0.0576. The van der Waals surface area contributed by atoms with Crippen molar-refractivity contribution in [2.45, 2.75) is 31.9 Å². The average molecular weight is 361 g/mol. The first-order chi connectivity index (χ1) is 13.1. The summed E-state index contributed by atoms with van der Waals surface area (Å²) in [6, 6.07) is 25.6. The van der Waals surface area contributed by atoms with E-state index in [1.165, 1.54) is 5.56 Å². The Morgan fingerprint density at radius 1 is 0.889 bits per heavy atom. The Hall–Kier alpha value is -2.78. The van der Waals surface area contributed by atoms with E-state index in [1.807, 2.05) is 78.9 Å². The lowest BCUT2D eigenvalue weighted by Gasteiger charge is -2.38. The molecule has 3 aromatic rings. The van der Waals surface area contributed by atoms with Gasteiger partial charge in [-0.25, -0.2) is 0 Å². The van der Waals surface area contributed by atoms with Gasteiger partial charge in [-0.1, -0.05) is 67.1 Å². The smallest absolute Gasteiger partial charge is 0.135 e. The SMILES string of the molecule is CCC(Nc1ccc(OC)cc1)C(O)(c1ccccc1)c1ccc(C)cc1. The predicted molar refractivity (Wildman–Crippen MR) is 111 cm³/mol. The number of hydrogen-bond donors (Lipinski definition) is 2. The molecule has 2 atom stereocenters. The molecule has 0 radical (unpaired) electrons. The number of hydrogen-bond acceptors (Lipinski definition) is 3. The molecule has 3 nitrogen and oxygen atoms in total. The van der Waals surface area contributed by atoms with Crippen LogP contribution in [-0.2, 0) is 5.60 Å². The van der Waals surface area contributed by atoms with Crippen LogP contribution in [-0.4, -0.2) is 18.3 Å². The van der Waals surface area contributed by atoms with E-state index in [4.69, 9.17) is 4.74 Å². The highest BCUT2D eigenvalue weighted by Crippen LogP contribution is 2.36. The summed E-state index contributed by atoms with van der Waals surface area (Å²) < 4.78 is 5.24. The Morgan fingerprint density at radius 3 is 2.04 bits per heavy atom. The van der Waals surface area contributed by atoms with E-state index < -0.39 is 5.60 Å². The first-order valence-electron chi connectivity index (χ1n) is 9.33.